The van der Waals surface area contributed by atoms with E-state index in [0.717, 1.165) is 5.56 Å². The quantitative estimate of drug-likeness (QED) is 0.440. The van der Waals surface area contributed by atoms with Crippen molar-refractivity contribution in [2.24, 2.45) is 7.05 Å². The van der Waals surface area contributed by atoms with Crippen LogP contribution in [0.2, 0.25) is 0 Å². The van der Waals surface area contributed by atoms with Gasteiger partial charge in [-0.25, -0.2) is 9.97 Å². The molecule has 5 heterocycles. The van der Waals surface area contributed by atoms with Crippen molar-refractivity contribution in [2.75, 3.05) is 5.32 Å². The van der Waals surface area contributed by atoms with Crippen LogP contribution in [0.1, 0.15) is 11.4 Å². The van der Waals surface area contributed by atoms with Gasteiger partial charge in [0.25, 0.3) is 0 Å². The summed E-state index contributed by atoms with van der Waals surface area (Å²) in [7, 11) is 1.48. The first-order chi connectivity index (χ1) is 13.8. The Balaban J connectivity index is 1.82. The molecule has 146 valence electrons. The molecule has 0 saturated heterocycles. The van der Waals surface area contributed by atoms with Crippen LogP contribution in [0, 0.1) is 6.92 Å². The summed E-state index contributed by atoms with van der Waals surface area (Å²) in [6.45, 7) is 1.58. The molecule has 1 aliphatic rings. The molecule has 0 aromatic carbocycles. The third kappa shape index (κ3) is 2.59. The molecule has 0 unspecified atom stereocenters. The van der Waals surface area contributed by atoms with Gasteiger partial charge in [0, 0.05) is 36.3 Å². The van der Waals surface area contributed by atoms with Crippen LogP contribution in [0.25, 0.3) is 33.9 Å². The molecule has 5 rings (SSSR count). The molecule has 0 aliphatic carbocycles. The fourth-order valence-electron chi connectivity index (χ4n) is 3.51. The standard InChI is InChI=1S/C19H14F3N7/c1-9-13(16(19(20,21)22)28-29(9)2)18-26-14-10-5-7-23-8-12(10)25-17-11(15(14)27-18)4-3-6-24-17/h3-8H,1-2H3,(H,24,25)(H,26,27). The second-order valence-corrected chi connectivity index (χ2v) is 6.69. The molecule has 0 fully saturated rings. The molecule has 0 radical (unpaired) electrons. The zero-order valence-corrected chi connectivity index (χ0v) is 15.3. The van der Waals surface area contributed by atoms with Crippen molar-refractivity contribution in [3.8, 4) is 33.9 Å². The maximum atomic E-state index is 13.6. The summed E-state index contributed by atoms with van der Waals surface area (Å²) in [4.78, 5) is 16.1. The molecule has 0 bridgehead atoms. The second-order valence-electron chi connectivity index (χ2n) is 6.69. The molecule has 29 heavy (non-hydrogen) atoms. The molecule has 7 nitrogen and oxygen atoms in total. The lowest BCUT2D eigenvalue weighted by Crippen LogP contribution is -2.08. The number of aryl methyl sites for hydroxylation is 1. The highest BCUT2D eigenvalue weighted by atomic mass is 19.4. The zero-order chi connectivity index (χ0) is 20.3. The largest absolute Gasteiger partial charge is 0.435 e. The third-order valence-corrected chi connectivity index (χ3v) is 4.95. The predicted molar refractivity (Wildman–Crippen MR) is 100 cm³/mol. The molecule has 0 atom stereocenters. The van der Waals surface area contributed by atoms with Gasteiger partial charge in [-0.2, -0.15) is 18.3 Å². The van der Waals surface area contributed by atoms with Crippen LogP contribution in [0.5, 0.6) is 0 Å². The lowest BCUT2D eigenvalue weighted by Gasteiger charge is -2.08. The Bertz CT molecular complexity index is 1190. The topological polar surface area (TPSA) is 84.3 Å². The van der Waals surface area contributed by atoms with Gasteiger partial charge in [0.15, 0.2) is 5.69 Å². The Morgan fingerprint density at radius 3 is 2.72 bits per heavy atom. The monoisotopic (exact) mass is 397 g/mol. The smallest absolute Gasteiger partial charge is 0.338 e. The van der Waals surface area contributed by atoms with Gasteiger partial charge < -0.3 is 10.3 Å². The van der Waals surface area contributed by atoms with Gasteiger partial charge in [0.05, 0.1) is 23.1 Å². The minimum atomic E-state index is -4.60. The van der Waals surface area contributed by atoms with E-state index in [1.165, 1.54) is 11.7 Å². The number of H-pyrrole nitrogens is 1. The molecule has 2 N–H and O–H groups in total. The van der Waals surface area contributed by atoms with Crippen LogP contribution < -0.4 is 5.32 Å². The van der Waals surface area contributed by atoms with Crippen LogP contribution in [0.15, 0.2) is 36.8 Å². The number of fused-ring (bicyclic) bond motifs is 5. The fourth-order valence-corrected chi connectivity index (χ4v) is 3.51. The maximum Gasteiger partial charge on any atom is 0.435 e. The van der Waals surface area contributed by atoms with Gasteiger partial charge in [-0.15, -0.1) is 0 Å². The summed E-state index contributed by atoms with van der Waals surface area (Å²) in [6, 6.07) is 5.35. The molecule has 0 amide bonds. The van der Waals surface area contributed by atoms with E-state index in [4.69, 9.17) is 0 Å². The van der Waals surface area contributed by atoms with Gasteiger partial charge in [0.2, 0.25) is 0 Å². The van der Waals surface area contributed by atoms with E-state index in [-0.39, 0.29) is 11.4 Å². The summed E-state index contributed by atoms with van der Waals surface area (Å²) in [6.07, 6.45) is 0.284. The molecule has 10 heteroatoms. The molecule has 4 aromatic heterocycles. The number of pyridine rings is 2. The Morgan fingerprint density at radius 1 is 1.10 bits per heavy atom. The van der Waals surface area contributed by atoms with Crippen molar-refractivity contribution in [3.63, 3.8) is 0 Å². The average Bonchev–Trinajstić information content (AvgIpc) is 3.20. The van der Waals surface area contributed by atoms with Crippen molar-refractivity contribution in [2.45, 2.75) is 13.1 Å². The number of halogens is 3. The van der Waals surface area contributed by atoms with Crippen molar-refractivity contribution in [3.05, 3.63) is 48.2 Å². The number of nitrogens with one attached hydrogen (secondary N) is 2. The van der Waals surface area contributed by atoms with Crippen LogP contribution >= 0.6 is 0 Å². The van der Waals surface area contributed by atoms with Gasteiger partial charge in [-0.05, 0) is 25.1 Å². The molecular weight excluding hydrogens is 383 g/mol. The van der Waals surface area contributed by atoms with Gasteiger partial charge in [-0.3, -0.25) is 9.67 Å². The number of rotatable bonds is 1. The highest BCUT2D eigenvalue weighted by Gasteiger charge is 2.40. The normalized spacial score (nSPS) is 12.6. The fraction of sp³-hybridized carbons (Fsp3) is 0.158. The highest BCUT2D eigenvalue weighted by molar-refractivity contribution is 5.95. The van der Waals surface area contributed by atoms with E-state index in [1.807, 2.05) is 6.07 Å². The number of nitrogens with zero attached hydrogens (tertiary/aromatic N) is 5. The predicted octanol–water partition coefficient (Wildman–Crippen LogP) is 4.32. The van der Waals surface area contributed by atoms with Crippen LogP contribution in [-0.2, 0) is 13.2 Å². The summed E-state index contributed by atoms with van der Waals surface area (Å²) in [5.74, 6) is 0.657. The summed E-state index contributed by atoms with van der Waals surface area (Å²) >= 11 is 0. The van der Waals surface area contributed by atoms with Crippen molar-refractivity contribution < 1.29 is 13.2 Å². The summed E-state index contributed by atoms with van der Waals surface area (Å²) < 4.78 is 42.0. The molecule has 0 saturated carbocycles. The molecular formula is C19H14F3N7. The number of anilines is 2. The van der Waals surface area contributed by atoms with E-state index < -0.39 is 11.9 Å². The van der Waals surface area contributed by atoms with E-state index in [2.05, 4.69) is 30.4 Å². The van der Waals surface area contributed by atoms with E-state index >= 15 is 0 Å². The first kappa shape index (κ1) is 17.4. The van der Waals surface area contributed by atoms with Crippen molar-refractivity contribution in [1.82, 2.24) is 29.7 Å². The van der Waals surface area contributed by atoms with Gasteiger partial charge in [0.1, 0.15) is 17.3 Å². The molecule has 1 aliphatic heterocycles. The first-order valence-corrected chi connectivity index (χ1v) is 8.72. The minimum Gasteiger partial charge on any atom is -0.338 e. The van der Waals surface area contributed by atoms with Crippen LogP contribution in [-0.4, -0.2) is 29.7 Å². The Morgan fingerprint density at radius 2 is 1.93 bits per heavy atom. The number of hydrogen-bond donors (Lipinski definition) is 2. The Kier molecular flexibility index (Phi) is 3.54. The molecule has 4 aromatic rings. The van der Waals surface area contributed by atoms with Crippen LogP contribution in [0.4, 0.5) is 24.7 Å². The molecule has 0 spiro atoms. The number of hydrogen-bond acceptors (Lipinski definition) is 5. The summed E-state index contributed by atoms with van der Waals surface area (Å²) in [5, 5.41) is 6.88. The highest BCUT2D eigenvalue weighted by Crippen LogP contribution is 2.44. The zero-order valence-electron chi connectivity index (χ0n) is 15.3. The van der Waals surface area contributed by atoms with Gasteiger partial charge >= 0.3 is 6.18 Å². The van der Waals surface area contributed by atoms with Crippen molar-refractivity contribution in [1.29, 1.82) is 0 Å². The number of alkyl halides is 3. The summed E-state index contributed by atoms with van der Waals surface area (Å²) in [5.41, 5.74) is 2.52. The average molecular weight is 397 g/mol. The van der Waals surface area contributed by atoms with E-state index in [0.29, 0.717) is 34.2 Å². The van der Waals surface area contributed by atoms with E-state index in [9.17, 15) is 13.2 Å². The minimum absolute atomic E-state index is 0.0675. The van der Waals surface area contributed by atoms with E-state index in [1.54, 1.807) is 37.6 Å². The second kappa shape index (κ2) is 5.90. The third-order valence-electron chi connectivity index (χ3n) is 4.95. The lowest BCUT2D eigenvalue weighted by molar-refractivity contribution is -0.141. The number of aromatic amines is 1. The van der Waals surface area contributed by atoms with Gasteiger partial charge in [-0.1, -0.05) is 0 Å². The SMILES string of the molecule is Cc1c(-c2nc3c([nH]2)-c2ccncc2Nc2ncccc2-3)c(C(F)(F)F)nn1C. The number of imidazole rings is 1. The number of aromatic nitrogens is 6. The van der Waals surface area contributed by atoms with Crippen molar-refractivity contribution >= 4 is 11.5 Å². The Hall–Kier alpha value is -3.69. The first-order valence-electron chi connectivity index (χ1n) is 8.72. The maximum absolute atomic E-state index is 13.6. The lowest BCUT2D eigenvalue weighted by atomic mass is 10.1. The van der Waals surface area contributed by atoms with Crippen LogP contribution in [0.3, 0.4) is 0 Å². The Labute approximate surface area is 162 Å².